The third-order valence-corrected chi connectivity index (χ3v) is 4.28. The molecule has 1 fully saturated rings. The summed E-state index contributed by atoms with van der Waals surface area (Å²) in [4.78, 5) is 26.7. The molecule has 0 aliphatic heterocycles. The van der Waals surface area contributed by atoms with Crippen molar-refractivity contribution >= 4 is 46.7 Å². The monoisotopic (exact) mass is 336 g/mol. The Labute approximate surface area is 130 Å². The van der Waals surface area contributed by atoms with E-state index in [-0.39, 0.29) is 33.1 Å². The number of nitrogens with zero attached hydrogens (tertiary/aromatic N) is 1. The summed E-state index contributed by atoms with van der Waals surface area (Å²) >= 11 is 17.5. The first-order chi connectivity index (χ1) is 9.40. The second kappa shape index (κ2) is 6.16. The molecular formula is C12H11Cl3N2O3. The molecule has 0 saturated heterocycles. The van der Waals surface area contributed by atoms with Gasteiger partial charge < -0.3 is 10.4 Å². The Hall–Kier alpha value is -1.04. The van der Waals surface area contributed by atoms with Gasteiger partial charge in [0.25, 0.3) is 5.91 Å². The number of carbonyl (C=O) groups is 2. The first kappa shape index (κ1) is 15.4. The smallest absolute Gasteiger partial charge is 0.305 e. The van der Waals surface area contributed by atoms with Gasteiger partial charge in [-0.25, -0.2) is 4.98 Å². The fourth-order valence-electron chi connectivity index (χ4n) is 1.86. The fraction of sp³-hybridized carbons (Fsp3) is 0.417. The molecule has 1 aliphatic rings. The Balaban J connectivity index is 2.14. The van der Waals surface area contributed by atoms with E-state index in [9.17, 15) is 9.59 Å². The zero-order chi connectivity index (χ0) is 14.9. The highest BCUT2D eigenvalue weighted by Gasteiger charge is 2.34. The van der Waals surface area contributed by atoms with Crippen molar-refractivity contribution in [2.45, 2.75) is 25.3 Å². The van der Waals surface area contributed by atoms with Crippen molar-refractivity contribution in [3.8, 4) is 0 Å². The van der Waals surface area contributed by atoms with Crippen molar-refractivity contribution in [1.29, 1.82) is 0 Å². The van der Waals surface area contributed by atoms with Crippen molar-refractivity contribution < 1.29 is 14.7 Å². The number of rotatable bonds is 5. The number of carboxylic acids is 1. The minimum absolute atomic E-state index is 0.0402. The van der Waals surface area contributed by atoms with E-state index in [0.29, 0.717) is 0 Å². The summed E-state index contributed by atoms with van der Waals surface area (Å²) in [5.74, 6) is -1.32. The molecule has 5 nitrogen and oxygen atoms in total. The van der Waals surface area contributed by atoms with Crippen LogP contribution < -0.4 is 5.32 Å². The molecule has 1 saturated carbocycles. The Morgan fingerprint density at radius 2 is 2.00 bits per heavy atom. The van der Waals surface area contributed by atoms with Gasteiger partial charge in [-0.1, -0.05) is 34.8 Å². The number of aliphatic carboxylic acids is 1. The maximum atomic E-state index is 12.1. The van der Waals surface area contributed by atoms with E-state index in [2.05, 4.69) is 10.3 Å². The van der Waals surface area contributed by atoms with Gasteiger partial charge in [0.05, 0.1) is 21.5 Å². The fourth-order valence-corrected chi connectivity index (χ4v) is 2.43. The normalized spacial score (nSPS) is 15.8. The average molecular weight is 338 g/mol. The van der Waals surface area contributed by atoms with Crippen LogP contribution in [0.5, 0.6) is 0 Å². The van der Waals surface area contributed by atoms with E-state index in [4.69, 9.17) is 39.9 Å². The lowest BCUT2D eigenvalue weighted by Crippen LogP contribution is -2.38. The summed E-state index contributed by atoms with van der Waals surface area (Å²) in [6.45, 7) is 0. The van der Waals surface area contributed by atoms with Gasteiger partial charge in [0.15, 0.2) is 0 Å². The van der Waals surface area contributed by atoms with E-state index in [0.717, 1.165) is 12.8 Å². The third-order valence-electron chi connectivity index (χ3n) is 3.03. The van der Waals surface area contributed by atoms with Gasteiger partial charge in [-0.3, -0.25) is 9.59 Å². The van der Waals surface area contributed by atoms with Gasteiger partial charge in [0.1, 0.15) is 5.69 Å². The highest BCUT2D eigenvalue weighted by molar-refractivity contribution is 6.48. The first-order valence-electron chi connectivity index (χ1n) is 5.92. The van der Waals surface area contributed by atoms with Crippen molar-refractivity contribution in [3.63, 3.8) is 0 Å². The maximum absolute atomic E-state index is 12.1. The minimum Gasteiger partial charge on any atom is -0.481 e. The molecule has 2 rings (SSSR count). The summed E-state index contributed by atoms with van der Waals surface area (Å²) in [6, 6.07) is -0.424. The number of hydrogen-bond donors (Lipinski definition) is 2. The molecule has 1 amide bonds. The van der Waals surface area contributed by atoms with Crippen LogP contribution in [0.3, 0.4) is 0 Å². The molecule has 0 aromatic carbocycles. The van der Waals surface area contributed by atoms with Crippen molar-refractivity contribution in [2.75, 3.05) is 0 Å². The highest BCUT2D eigenvalue weighted by atomic mass is 35.5. The summed E-state index contributed by atoms with van der Waals surface area (Å²) < 4.78 is 0. The van der Waals surface area contributed by atoms with E-state index in [1.165, 1.54) is 6.20 Å². The summed E-state index contributed by atoms with van der Waals surface area (Å²) in [7, 11) is 0. The topological polar surface area (TPSA) is 79.3 Å². The molecule has 0 radical (unpaired) electrons. The molecule has 1 aromatic heterocycles. The lowest BCUT2D eigenvalue weighted by molar-refractivity contribution is -0.137. The van der Waals surface area contributed by atoms with Crippen molar-refractivity contribution in [3.05, 3.63) is 27.0 Å². The van der Waals surface area contributed by atoms with Crippen molar-refractivity contribution in [2.24, 2.45) is 5.92 Å². The number of halogens is 3. The van der Waals surface area contributed by atoms with E-state index < -0.39 is 17.9 Å². The average Bonchev–Trinajstić information content (AvgIpc) is 3.18. The molecular weight excluding hydrogens is 327 g/mol. The Bertz CT molecular complexity index is 561. The molecule has 0 spiro atoms. The largest absolute Gasteiger partial charge is 0.481 e. The Kier molecular flexibility index (Phi) is 4.73. The lowest BCUT2D eigenvalue weighted by atomic mass is 10.1. The van der Waals surface area contributed by atoms with Gasteiger partial charge >= 0.3 is 5.97 Å². The molecule has 20 heavy (non-hydrogen) atoms. The summed E-state index contributed by atoms with van der Waals surface area (Å²) in [5, 5.41) is 11.7. The standard InChI is InChI=1S/C12H11Cl3N2O3/c13-6-4-16-11(10(15)9(6)14)12(20)17-7(3-8(18)19)5-1-2-5/h4-5,7H,1-3H2,(H,17,20)(H,18,19). The van der Waals surface area contributed by atoms with Crippen LogP contribution in [0, 0.1) is 5.92 Å². The van der Waals surface area contributed by atoms with Crippen LogP contribution >= 0.6 is 34.8 Å². The summed E-state index contributed by atoms with van der Waals surface area (Å²) in [5.41, 5.74) is -0.0582. The molecule has 1 atom stereocenters. The first-order valence-corrected chi connectivity index (χ1v) is 7.05. The molecule has 8 heteroatoms. The molecule has 1 aliphatic carbocycles. The lowest BCUT2D eigenvalue weighted by Gasteiger charge is -2.16. The second-order valence-electron chi connectivity index (χ2n) is 4.60. The van der Waals surface area contributed by atoms with Crippen LogP contribution in [0.25, 0.3) is 0 Å². The number of hydrogen-bond acceptors (Lipinski definition) is 3. The molecule has 2 N–H and O–H groups in total. The molecule has 108 valence electrons. The van der Waals surface area contributed by atoms with Gasteiger partial charge in [0.2, 0.25) is 0 Å². The molecule has 0 bridgehead atoms. The molecule has 1 unspecified atom stereocenters. The number of nitrogens with one attached hydrogen (secondary N) is 1. The minimum atomic E-state index is -0.963. The van der Waals surface area contributed by atoms with Gasteiger partial charge in [-0.2, -0.15) is 0 Å². The van der Waals surface area contributed by atoms with Gasteiger partial charge in [-0.15, -0.1) is 0 Å². The maximum Gasteiger partial charge on any atom is 0.305 e. The zero-order valence-electron chi connectivity index (χ0n) is 10.2. The third kappa shape index (κ3) is 3.53. The molecule has 1 heterocycles. The van der Waals surface area contributed by atoms with Crippen LogP contribution in [-0.4, -0.2) is 28.0 Å². The van der Waals surface area contributed by atoms with Crippen LogP contribution in [0.15, 0.2) is 6.20 Å². The van der Waals surface area contributed by atoms with E-state index in [1.54, 1.807) is 0 Å². The predicted molar refractivity (Wildman–Crippen MR) is 75.5 cm³/mol. The van der Waals surface area contributed by atoms with Gasteiger partial charge in [0, 0.05) is 12.2 Å². The number of carboxylic acid groups (broad SMARTS) is 1. The second-order valence-corrected chi connectivity index (χ2v) is 5.76. The van der Waals surface area contributed by atoms with Crippen molar-refractivity contribution in [1.82, 2.24) is 10.3 Å². The van der Waals surface area contributed by atoms with Crippen LogP contribution in [0.2, 0.25) is 15.1 Å². The van der Waals surface area contributed by atoms with Crippen LogP contribution in [0.1, 0.15) is 29.8 Å². The van der Waals surface area contributed by atoms with Gasteiger partial charge in [-0.05, 0) is 18.8 Å². The quantitative estimate of drug-likeness (QED) is 0.865. The number of pyridine rings is 1. The SMILES string of the molecule is O=C(O)CC(NC(=O)c1ncc(Cl)c(Cl)c1Cl)C1CC1. The van der Waals surface area contributed by atoms with E-state index >= 15 is 0 Å². The highest BCUT2D eigenvalue weighted by Crippen LogP contribution is 2.35. The number of amides is 1. The Morgan fingerprint density at radius 3 is 2.55 bits per heavy atom. The predicted octanol–water partition coefficient (Wildman–Crippen LogP) is 3.02. The van der Waals surface area contributed by atoms with E-state index in [1.807, 2.05) is 0 Å². The molecule has 1 aromatic rings. The van der Waals surface area contributed by atoms with Crippen LogP contribution in [-0.2, 0) is 4.79 Å². The summed E-state index contributed by atoms with van der Waals surface area (Å²) in [6.07, 6.45) is 2.91. The zero-order valence-corrected chi connectivity index (χ0v) is 12.5. The number of aromatic nitrogens is 1. The van der Waals surface area contributed by atoms with Crippen LogP contribution in [0.4, 0.5) is 0 Å². The Morgan fingerprint density at radius 1 is 1.35 bits per heavy atom. The number of carbonyl (C=O) groups excluding carboxylic acids is 1.